The lowest BCUT2D eigenvalue weighted by Crippen LogP contribution is -2.48. The Hall–Kier alpha value is -1.22. The van der Waals surface area contributed by atoms with Crippen molar-refractivity contribution < 1.29 is 14.7 Å². The van der Waals surface area contributed by atoms with Gasteiger partial charge in [0.1, 0.15) is 5.78 Å². The molecule has 3 aliphatic rings. The van der Waals surface area contributed by atoms with Crippen LogP contribution in [0.1, 0.15) is 53.4 Å². The van der Waals surface area contributed by atoms with Gasteiger partial charge in [0.05, 0.1) is 0 Å². The molecule has 0 aliphatic heterocycles. The molecular formula is C21H30O3. The molecule has 3 aliphatic carbocycles. The van der Waals surface area contributed by atoms with Crippen LogP contribution >= 0.6 is 0 Å². The molecule has 2 saturated carbocycles. The molecule has 2 fully saturated rings. The second kappa shape index (κ2) is 5.94. The van der Waals surface area contributed by atoms with E-state index < -0.39 is 0 Å². The Morgan fingerprint density at radius 1 is 1.25 bits per heavy atom. The highest BCUT2D eigenvalue weighted by Crippen LogP contribution is 2.59. The van der Waals surface area contributed by atoms with Crippen molar-refractivity contribution in [2.24, 2.45) is 34.5 Å². The van der Waals surface area contributed by atoms with E-state index >= 15 is 0 Å². The number of fused-ring (bicyclic) bond motifs is 1. The lowest BCUT2D eigenvalue weighted by Gasteiger charge is -2.53. The highest BCUT2D eigenvalue weighted by atomic mass is 16.3. The van der Waals surface area contributed by atoms with Gasteiger partial charge in [0.2, 0.25) is 0 Å². The van der Waals surface area contributed by atoms with E-state index in [-0.39, 0.29) is 29.1 Å². The molecular weight excluding hydrogens is 300 g/mol. The SMILES string of the molecule is CCC1C(C2CCC(=O)C2(C)C)CC(CO)C2=CC(=O)C=C[C@@]21C. The average molecular weight is 330 g/mol. The Labute approximate surface area is 145 Å². The molecule has 5 atom stereocenters. The van der Waals surface area contributed by atoms with E-state index in [4.69, 9.17) is 0 Å². The minimum Gasteiger partial charge on any atom is -0.396 e. The summed E-state index contributed by atoms with van der Waals surface area (Å²) in [6, 6.07) is 0. The van der Waals surface area contributed by atoms with Gasteiger partial charge >= 0.3 is 0 Å². The average Bonchev–Trinajstić information content (AvgIpc) is 2.80. The van der Waals surface area contributed by atoms with Gasteiger partial charge in [-0.1, -0.05) is 45.8 Å². The number of aliphatic hydroxyl groups is 1. The van der Waals surface area contributed by atoms with Gasteiger partial charge in [-0.3, -0.25) is 9.59 Å². The quantitative estimate of drug-likeness (QED) is 0.858. The Balaban J connectivity index is 2.03. The Morgan fingerprint density at radius 2 is 1.96 bits per heavy atom. The molecule has 0 aromatic carbocycles. The van der Waals surface area contributed by atoms with Crippen molar-refractivity contribution in [3.8, 4) is 0 Å². The summed E-state index contributed by atoms with van der Waals surface area (Å²) >= 11 is 0. The maximum atomic E-state index is 12.4. The first-order chi connectivity index (χ1) is 11.3. The van der Waals surface area contributed by atoms with Crippen molar-refractivity contribution in [2.45, 2.75) is 53.4 Å². The third-order valence-electron chi connectivity index (χ3n) is 7.30. The van der Waals surface area contributed by atoms with E-state index in [0.29, 0.717) is 30.0 Å². The van der Waals surface area contributed by atoms with Crippen LogP contribution in [0.4, 0.5) is 0 Å². The molecule has 132 valence electrons. The summed E-state index contributed by atoms with van der Waals surface area (Å²) in [6.07, 6.45) is 9.07. The summed E-state index contributed by atoms with van der Waals surface area (Å²) in [5.41, 5.74) is 0.646. The monoisotopic (exact) mass is 330 g/mol. The van der Waals surface area contributed by atoms with Gasteiger partial charge in [0.15, 0.2) is 5.78 Å². The molecule has 3 heteroatoms. The van der Waals surface area contributed by atoms with Crippen LogP contribution in [0.15, 0.2) is 23.8 Å². The molecule has 4 unspecified atom stereocenters. The number of carbonyl (C=O) groups excluding carboxylic acids is 2. The molecule has 0 saturated heterocycles. The number of rotatable bonds is 3. The van der Waals surface area contributed by atoms with E-state index in [2.05, 4.69) is 33.8 Å². The summed E-state index contributed by atoms with van der Waals surface area (Å²) in [4.78, 5) is 24.3. The minimum absolute atomic E-state index is 0.0307. The lowest BCUT2D eigenvalue weighted by molar-refractivity contribution is -0.127. The first kappa shape index (κ1) is 17.6. The van der Waals surface area contributed by atoms with Crippen LogP contribution in [0.3, 0.4) is 0 Å². The van der Waals surface area contributed by atoms with Gasteiger partial charge < -0.3 is 5.11 Å². The van der Waals surface area contributed by atoms with Crippen molar-refractivity contribution >= 4 is 11.6 Å². The second-order valence-electron chi connectivity index (χ2n) is 8.70. The largest absolute Gasteiger partial charge is 0.396 e. The van der Waals surface area contributed by atoms with E-state index in [1.807, 2.05) is 0 Å². The molecule has 0 heterocycles. The van der Waals surface area contributed by atoms with E-state index in [9.17, 15) is 14.7 Å². The third-order valence-corrected chi connectivity index (χ3v) is 7.30. The number of hydrogen-bond acceptors (Lipinski definition) is 3. The third kappa shape index (κ3) is 2.44. The van der Waals surface area contributed by atoms with Crippen molar-refractivity contribution in [3.63, 3.8) is 0 Å². The van der Waals surface area contributed by atoms with Crippen LogP contribution in [-0.4, -0.2) is 23.3 Å². The number of carbonyl (C=O) groups is 2. The number of ketones is 2. The minimum atomic E-state index is -0.274. The molecule has 0 aromatic heterocycles. The zero-order valence-electron chi connectivity index (χ0n) is 15.3. The standard InChI is InChI=1S/C21H30O3/c1-5-16-15(17-6-7-19(24)20(17,2)3)10-13(12-22)18-11-14(23)8-9-21(16,18)4/h8-9,11,13,15-17,22H,5-7,10,12H2,1-4H3/t13?,15?,16?,17?,21-/m1/s1. The van der Waals surface area contributed by atoms with Crippen molar-refractivity contribution in [3.05, 3.63) is 23.8 Å². The van der Waals surface area contributed by atoms with Gasteiger partial charge in [-0.15, -0.1) is 0 Å². The lowest BCUT2D eigenvalue weighted by atomic mass is 9.50. The van der Waals surface area contributed by atoms with Gasteiger partial charge in [0.25, 0.3) is 0 Å². The highest BCUT2D eigenvalue weighted by Gasteiger charge is 2.55. The molecule has 0 amide bonds. The van der Waals surface area contributed by atoms with Crippen LogP contribution in [0.2, 0.25) is 0 Å². The smallest absolute Gasteiger partial charge is 0.178 e. The molecule has 0 radical (unpaired) electrons. The summed E-state index contributed by atoms with van der Waals surface area (Å²) in [7, 11) is 0. The second-order valence-corrected chi connectivity index (χ2v) is 8.70. The van der Waals surface area contributed by atoms with Gasteiger partial charge in [0, 0.05) is 29.8 Å². The van der Waals surface area contributed by atoms with Crippen LogP contribution < -0.4 is 0 Å². The topological polar surface area (TPSA) is 54.4 Å². The molecule has 0 aromatic rings. The zero-order chi connectivity index (χ0) is 17.7. The van der Waals surface area contributed by atoms with Gasteiger partial charge in [-0.05, 0) is 42.7 Å². The summed E-state index contributed by atoms with van der Waals surface area (Å²) < 4.78 is 0. The van der Waals surface area contributed by atoms with Crippen molar-refractivity contribution in [1.29, 1.82) is 0 Å². The predicted molar refractivity (Wildman–Crippen MR) is 94.3 cm³/mol. The molecule has 0 bridgehead atoms. The zero-order valence-corrected chi connectivity index (χ0v) is 15.3. The fraction of sp³-hybridized carbons (Fsp3) is 0.714. The van der Waals surface area contributed by atoms with Crippen LogP contribution in [-0.2, 0) is 9.59 Å². The number of aliphatic hydroxyl groups excluding tert-OH is 1. The molecule has 1 N–H and O–H groups in total. The number of Topliss-reactive ketones (excluding diaryl/α,β-unsaturated/α-hetero) is 1. The normalized spacial score (nSPS) is 41.3. The van der Waals surface area contributed by atoms with Gasteiger partial charge in [-0.25, -0.2) is 0 Å². The Kier molecular flexibility index (Phi) is 4.36. The summed E-state index contributed by atoms with van der Waals surface area (Å²) in [5, 5.41) is 9.99. The Morgan fingerprint density at radius 3 is 2.50 bits per heavy atom. The van der Waals surface area contributed by atoms with Crippen molar-refractivity contribution in [2.75, 3.05) is 6.61 Å². The van der Waals surface area contributed by atoms with Gasteiger partial charge in [-0.2, -0.15) is 0 Å². The number of allylic oxidation sites excluding steroid dienone is 3. The number of hydrogen-bond donors (Lipinski definition) is 1. The fourth-order valence-corrected chi connectivity index (χ4v) is 5.94. The first-order valence-electron chi connectivity index (χ1n) is 9.35. The first-order valence-corrected chi connectivity index (χ1v) is 9.35. The summed E-state index contributed by atoms with van der Waals surface area (Å²) in [6.45, 7) is 8.71. The van der Waals surface area contributed by atoms with E-state index in [0.717, 1.165) is 24.8 Å². The molecule has 3 nitrogen and oxygen atoms in total. The van der Waals surface area contributed by atoms with Crippen molar-refractivity contribution in [1.82, 2.24) is 0 Å². The van der Waals surface area contributed by atoms with Crippen LogP contribution in [0.25, 0.3) is 0 Å². The van der Waals surface area contributed by atoms with Crippen LogP contribution in [0, 0.1) is 34.5 Å². The summed E-state index contributed by atoms with van der Waals surface area (Å²) in [5.74, 6) is 1.63. The predicted octanol–water partition coefficient (Wildman–Crippen LogP) is 3.72. The molecule has 0 spiro atoms. The Bertz CT molecular complexity index is 613. The highest BCUT2D eigenvalue weighted by molar-refractivity contribution is 6.01. The maximum Gasteiger partial charge on any atom is 0.178 e. The molecule has 24 heavy (non-hydrogen) atoms. The van der Waals surface area contributed by atoms with Crippen LogP contribution in [0.5, 0.6) is 0 Å². The van der Waals surface area contributed by atoms with E-state index in [1.54, 1.807) is 12.2 Å². The fourth-order valence-electron chi connectivity index (χ4n) is 5.94. The molecule has 3 rings (SSSR count). The maximum absolute atomic E-state index is 12.4. The van der Waals surface area contributed by atoms with E-state index in [1.165, 1.54) is 0 Å².